The van der Waals surface area contributed by atoms with E-state index >= 15 is 0 Å². The van der Waals surface area contributed by atoms with Crippen LogP contribution in [0.2, 0.25) is 0 Å². The van der Waals surface area contributed by atoms with Crippen molar-refractivity contribution in [3.05, 3.63) is 59.7 Å². The zero-order valence-corrected chi connectivity index (χ0v) is 8.06. The molecule has 0 aliphatic heterocycles. The summed E-state index contributed by atoms with van der Waals surface area (Å²) in [7, 11) is 0. The van der Waals surface area contributed by atoms with E-state index in [0.29, 0.717) is 0 Å². The first kappa shape index (κ1) is 9.22. The van der Waals surface area contributed by atoms with E-state index < -0.39 is 0 Å². The first-order valence-electron chi connectivity index (χ1n) is 4.94. The fraction of sp³-hybridized carbons (Fsp3) is 0.231. The van der Waals surface area contributed by atoms with Crippen molar-refractivity contribution in [2.75, 3.05) is 6.61 Å². The van der Waals surface area contributed by atoms with Crippen molar-refractivity contribution in [2.24, 2.45) is 0 Å². The average molecular weight is 186 g/mol. The lowest BCUT2D eigenvalue weighted by atomic mass is 9.92. The molecule has 1 atom stereocenters. The first-order chi connectivity index (χ1) is 6.92. The molecule has 0 saturated carbocycles. The van der Waals surface area contributed by atoms with Crippen LogP contribution >= 0.6 is 0 Å². The van der Waals surface area contributed by atoms with Crippen LogP contribution in [0.15, 0.2) is 54.1 Å². The van der Waals surface area contributed by atoms with Crippen molar-refractivity contribution in [3.8, 4) is 0 Å². The molecular formula is C13H14O. The summed E-state index contributed by atoms with van der Waals surface area (Å²) in [5, 5.41) is 9.37. The summed E-state index contributed by atoms with van der Waals surface area (Å²) in [6.45, 7) is 0.181. The number of rotatable bonds is 3. The highest BCUT2D eigenvalue weighted by molar-refractivity contribution is 5.38. The molecule has 0 amide bonds. The Bertz CT molecular complexity index is 349. The van der Waals surface area contributed by atoms with Gasteiger partial charge in [-0.15, -0.1) is 0 Å². The summed E-state index contributed by atoms with van der Waals surface area (Å²) in [5.41, 5.74) is 2.42. The Morgan fingerprint density at radius 3 is 2.57 bits per heavy atom. The number of benzene rings is 1. The summed E-state index contributed by atoms with van der Waals surface area (Å²) >= 11 is 0. The molecule has 1 aromatic carbocycles. The van der Waals surface area contributed by atoms with Crippen molar-refractivity contribution in [3.63, 3.8) is 0 Å². The van der Waals surface area contributed by atoms with Crippen molar-refractivity contribution < 1.29 is 5.11 Å². The molecule has 0 bridgehead atoms. The van der Waals surface area contributed by atoms with E-state index in [9.17, 15) is 5.11 Å². The summed E-state index contributed by atoms with van der Waals surface area (Å²) in [6, 6.07) is 10.1. The van der Waals surface area contributed by atoms with E-state index in [1.165, 1.54) is 11.1 Å². The molecule has 0 heterocycles. The SMILES string of the molecule is OC[C@@H](C1=CCC=C1)c1ccccc1. The minimum Gasteiger partial charge on any atom is -0.395 e. The number of hydrogen-bond donors (Lipinski definition) is 1. The second kappa shape index (κ2) is 4.25. The zero-order chi connectivity index (χ0) is 9.80. The maximum Gasteiger partial charge on any atom is 0.0540 e. The highest BCUT2D eigenvalue weighted by atomic mass is 16.3. The van der Waals surface area contributed by atoms with Crippen LogP contribution in [0.4, 0.5) is 0 Å². The molecule has 0 unspecified atom stereocenters. The van der Waals surface area contributed by atoms with E-state index in [2.05, 4.69) is 30.4 Å². The Morgan fingerprint density at radius 1 is 1.21 bits per heavy atom. The molecule has 0 aromatic heterocycles. The van der Waals surface area contributed by atoms with Gasteiger partial charge in [-0.1, -0.05) is 48.6 Å². The largest absolute Gasteiger partial charge is 0.395 e. The number of allylic oxidation sites excluding steroid dienone is 3. The Morgan fingerprint density at radius 2 is 2.00 bits per heavy atom. The topological polar surface area (TPSA) is 20.2 Å². The quantitative estimate of drug-likeness (QED) is 0.769. The maximum atomic E-state index is 9.37. The molecule has 2 rings (SSSR count). The van der Waals surface area contributed by atoms with E-state index in [1.54, 1.807) is 0 Å². The van der Waals surface area contributed by atoms with Gasteiger partial charge < -0.3 is 5.11 Å². The maximum absolute atomic E-state index is 9.37. The summed E-state index contributed by atoms with van der Waals surface area (Å²) in [5.74, 6) is 0.148. The van der Waals surface area contributed by atoms with Gasteiger partial charge in [-0.3, -0.25) is 0 Å². The minimum atomic E-state index is 0.148. The number of hydrogen-bond acceptors (Lipinski definition) is 1. The lowest BCUT2D eigenvalue weighted by Crippen LogP contribution is -2.05. The Hall–Kier alpha value is -1.34. The van der Waals surface area contributed by atoms with Gasteiger partial charge in [0, 0.05) is 5.92 Å². The van der Waals surface area contributed by atoms with Gasteiger partial charge in [0.15, 0.2) is 0 Å². The average Bonchev–Trinajstić information content (AvgIpc) is 2.74. The van der Waals surface area contributed by atoms with E-state index in [-0.39, 0.29) is 12.5 Å². The molecule has 1 nitrogen and oxygen atoms in total. The summed E-state index contributed by atoms with van der Waals surface area (Å²) < 4.78 is 0. The van der Waals surface area contributed by atoms with Gasteiger partial charge in [0.2, 0.25) is 0 Å². The van der Waals surface area contributed by atoms with Crippen LogP contribution in [-0.2, 0) is 0 Å². The molecule has 1 aliphatic rings. The molecule has 1 aromatic rings. The third-order valence-corrected chi connectivity index (χ3v) is 2.59. The van der Waals surface area contributed by atoms with Gasteiger partial charge >= 0.3 is 0 Å². The van der Waals surface area contributed by atoms with E-state index in [1.807, 2.05) is 18.2 Å². The predicted octanol–water partition coefficient (Wildman–Crippen LogP) is 2.65. The van der Waals surface area contributed by atoms with Gasteiger partial charge in [-0.25, -0.2) is 0 Å². The summed E-state index contributed by atoms with van der Waals surface area (Å²) in [4.78, 5) is 0. The van der Waals surface area contributed by atoms with Crippen LogP contribution in [0, 0.1) is 0 Å². The van der Waals surface area contributed by atoms with Crippen LogP contribution in [0.5, 0.6) is 0 Å². The van der Waals surface area contributed by atoms with Gasteiger partial charge in [0.05, 0.1) is 6.61 Å². The third kappa shape index (κ3) is 1.78. The van der Waals surface area contributed by atoms with Crippen molar-refractivity contribution >= 4 is 0 Å². The van der Waals surface area contributed by atoms with Crippen LogP contribution in [0.25, 0.3) is 0 Å². The molecular weight excluding hydrogens is 172 g/mol. The number of aliphatic hydroxyl groups is 1. The summed E-state index contributed by atoms with van der Waals surface area (Å²) in [6.07, 6.45) is 7.40. The lowest BCUT2D eigenvalue weighted by Gasteiger charge is -2.14. The molecule has 1 heteroatoms. The molecule has 72 valence electrons. The lowest BCUT2D eigenvalue weighted by molar-refractivity contribution is 0.280. The normalized spacial score (nSPS) is 16.8. The number of aliphatic hydroxyl groups excluding tert-OH is 1. The highest BCUT2D eigenvalue weighted by Crippen LogP contribution is 2.27. The molecule has 14 heavy (non-hydrogen) atoms. The van der Waals surface area contributed by atoms with E-state index in [0.717, 1.165) is 6.42 Å². The van der Waals surface area contributed by atoms with Gasteiger partial charge in [-0.05, 0) is 17.6 Å². The Labute approximate surface area is 84.4 Å². The van der Waals surface area contributed by atoms with Crippen molar-refractivity contribution in [1.82, 2.24) is 0 Å². The van der Waals surface area contributed by atoms with Gasteiger partial charge in [0.25, 0.3) is 0 Å². The van der Waals surface area contributed by atoms with Crippen LogP contribution < -0.4 is 0 Å². The molecule has 1 N–H and O–H groups in total. The third-order valence-electron chi connectivity index (χ3n) is 2.59. The highest BCUT2D eigenvalue weighted by Gasteiger charge is 2.14. The first-order valence-corrected chi connectivity index (χ1v) is 4.94. The van der Waals surface area contributed by atoms with Crippen molar-refractivity contribution in [2.45, 2.75) is 12.3 Å². The van der Waals surface area contributed by atoms with Crippen molar-refractivity contribution in [1.29, 1.82) is 0 Å². The predicted molar refractivity (Wildman–Crippen MR) is 58.1 cm³/mol. The van der Waals surface area contributed by atoms with Crippen LogP contribution in [-0.4, -0.2) is 11.7 Å². The molecule has 1 aliphatic carbocycles. The Balaban J connectivity index is 2.26. The van der Waals surface area contributed by atoms with E-state index in [4.69, 9.17) is 0 Å². The zero-order valence-electron chi connectivity index (χ0n) is 8.06. The molecule has 0 saturated heterocycles. The second-order valence-electron chi connectivity index (χ2n) is 3.49. The Kier molecular flexibility index (Phi) is 2.80. The van der Waals surface area contributed by atoms with Crippen LogP contribution in [0.1, 0.15) is 17.9 Å². The smallest absolute Gasteiger partial charge is 0.0540 e. The van der Waals surface area contributed by atoms with Gasteiger partial charge in [-0.2, -0.15) is 0 Å². The monoisotopic (exact) mass is 186 g/mol. The van der Waals surface area contributed by atoms with Gasteiger partial charge in [0.1, 0.15) is 0 Å². The molecule has 0 spiro atoms. The second-order valence-corrected chi connectivity index (χ2v) is 3.49. The fourth-order valence-corrected chi connectivity index (χ4v) is 1.82. The molecule has 0 fully saturated rings. The minimum absolute atomic E-state index is 0.148. The van der Waals surface area contributed by atoms with Crippen LogP contribution in [0.3, 0.4) is 0 Å². The standard InChI is InChI=1S/C13H14O/c14-10-13(12-8-4-5-9-12)11-6-2-1-3-7-11/h1-4,6-9,13-14H,5,10H2/t13-/m1/s1. The fourth-order valence-electron chi connectivity index (χ4n) is 1.82. The molecule has 0 radical (unpaired) electrons.